The van der Waals surface area contributed by atoms with Crippen molar-refractivity contribution in [2.45, 2.75) is 0 Å². The van der Waals surface area contributed by atoms with Crippen LogP contribution in [-0.4, -0.2) is 0 Å². The largest absolute Gasteiger partial charge is 0.448 e. The number of hydrogen-bond donors (Lipinski definition) is 0. The van der Waals surface area contributed by atoms with Gasteiger partial charge in [-0.1, -0.05) is 69.6 Å². The van der Waals surface area contributed by atoms with Crippen molar-refractivity contribution in [3.8, 4) is 23.0 Å². The summed E-state index contributed by atoms with van der Waals surface area (Å²) in [5.74, 6) is 1.06. The Morgan fingerprint density at radius 2 is 0.900 bits per heavy atom. The molecule has 1 aliphatic rings. The van der Waals surface area contributed by atoms with Crippen molar-refractivity contribution in [3.63, 3.8) is 0 Å². The van der Waals surface area contributed by atoms with Gasteiger partial charge in [0.25, 0.3) is 0 Å². The van der Waals surface area contributed by atoms with Crippen molar-refractivity contribution in [2.24, 2.45) is 0 Å². The van der Waals surface area contributed by atoms with Crippen LogP contribution in [0.3, 0.4) is 0 Å². The Hall–Kier alpha value is -0.220. The molecule has 0 saturated carbocycles. The first-order valence-electron chi connectivity index (χ1n) is 5.11. The van der Waals surface area contributed by atoms with Crippen molar-refractivity contribution < 1.29 is 9.47 Å². The fourth-order valence-corrected chi connectivity index (χ4v) is 2.91. The van der Waals surface area contributed by atoms with E-state index in [0.717, 1.165) is 0 Å². The molecule has 0 atom stereocenters. The molecule has 2 aromatic carbocycles. The van der Waals surface area contributed by atoms with Crippen molar-refractivity contribution in [1.82, 2.24) is 0 Å². The zero-order valence-corrected chi connectivity index (χ0v) is 13.8. The van der Waals surface area contributed by atoms with Gasteiger partial charge in [-0.05, 0) is 0 Å². The van der Waals surface area contributed by atoms with Crippen LogP contribution < -0.4 is 9.47 Å². The first kappa shape index (κ1) is 14.7. The average molecular weight is 403 g/mol. The van der Waals surface area contributed by atoms with Crippen LogP contribution in [0.2, 0.25) is 30.1 Å². The first-order chi connectivity index (χ1) is 9.40. The van der Waals surface area contributed by atoms with E-state index in [9.17, 15) is 0 Å². The van der Waals surface area contributed by atoms with Gasteiger partial charge in [-0.15, -0.1) is 0 Å². The zero-order chi connectivity index (χ0) is 14.6. The molecule has 0 aliphatic carbocycles. The Balaban J connectivity index is 2.22. The number of rotatable bonds is 0. The second-order valence-electron chi connectivity index (χ2n) is 3.83. The lowest BCUT2D eigenvalue weighted by molar-refractivity contribution is 0.360. The fraction of sp³-hybridized carbons (Fsp3) is 0. The second kappa shape index (κ2) is 5.20. The van der Waals surface area contributed by atoms with Crippen LogP contribution in [0.5, 0.6) is 23.0 Å². The highest BCUT2D eigenvalue weighted by atomic mass is 35.5. The highest BCUT2D eigenvalue weighted by Gasteiger charge is 2.28. The van der Waals surface area contributed by atoms with E-state index in [1.807, 2.05) is 0 Å². The summed E-state index contributed by atoms with van der Waals surface area (Å²) in [4.78, 5) is 0. The van der Waals surface area contributed by atoms with E-state index in [2.05, 4.69) is 0 Å². The van der Waals surface area contributed by atoms with Gasteiger partial charge in [0.15, 0.2) is 23.0 Å². The van der Waals surface area contributed by atoms with E-state index in [1.54, 1.807) is 0 Å². The molecule has 8 heteroatoms. The molecule has 0 bridgehead atoms. The van der Waals surface area contributed by atoms with Crippen LogP contribution >= 0.6 is 69.6 Å². The maximum Gasteiger partial charge on any atom is 0.190 e. The smallest absolute Gasteiger partial charge is 0.190 e. The second-order valence-corrected chi connectivity index (χ2v) is 6.16. The predicted molar refractivity (Wildman–Crippen MR) is 83.1 cm³/mol. The molecule has 0 N–H and O–H groups in total. The summed E-state index contributed by atoms with van der Waals surface area (Å²) in [5, 5.41) is 1.09. The number of halogens is 6. The summed E-state index contributed by atoms with van der Waals surface area (Å²) in [6, 6.07) is 2.96. The van der Waals surface area contributed by atoms with Gasteiger partial charge in [0.2, 0.25) is 0 Å². The van der Waals surface area contributed by atoms with E-state index in [4.69, 9.17) is 79.1 Å². The summed E-state index contributed by atoms with van der Waals surface area (Å²) in [6.07, 6.45) is 0. The third-order valence-corrected chi connectivity index (χ3v) is 5.08. The molecule has 0 saturated heterocycles. The highest BCUT2D eigenvalue weighted by molar-refractivity contribution is 6.49. The number of fused-ring (bicyclic) bond motifs is 2. The SMILES string of the molecule is Cl[13c]1[13cH][13c]2[13c]([13c](Cl)[13c]1Cl)O[13c]1[13cH][13c](Cl)[13c](Cl)[13c](Cl)[13c]1O2. The van der Waals surface area contributed by atoms with E-state index >= 15 is 0 Å². The van der Waals surface area contributed by atoms with Crippen LogP contribution in [0.25, 0.3) is 0 Å². The van der Waals surface area contributed by atoms with Gasteiger partial charge in [-0.25, -0.2) is 0 Å². The molecule has 0 unspecified atom stereocenters. The van der Waals surface area contributed by atoms with Gasteiger partial charge in [0, 0.05) is 12.1 Å². The Bertz CT molecular complexity index is 680. The van der Waals surface area contributed by atoms with Crippen LogP contribution in [0.15, 0.2) is 12.1 Å². The number of hydrogen-bond acceptors (Lipinski definition) is 2. The van der Waals surface area contributed by atoms with E-state index < -0.39 is 0 Å². The van der Waals surface area contributed by atoms with Gasteiger partial charge in [0.05, 0.1) is 20.1 Å². The fourth-order valence-electron chi connectivity index (χ4n) is 1.68. The van der Waals surface area contributed by atoms with Crippen LogP contribution in [0.4, 0.5) is 0 Å². The summed E-state index contributed by atoms with van der Waals surface area (Å²) in [7, 11) is 0. The van der Waals surface area contributed by atoms with Gasteiger partial charge < -0.3 is 9.47 Å². The first-order valence-corrected chi connectivity index (χ1v) is 7.37. The molecule has 2 aromatic rings. The molecular formula is C12H2Cl6O2. The lowest BCUT2D eigenvalue weighted by atomic mass is 11.2. The molecule has 0 aromatic heterocycles. The molecule has 20 heavy (non-hydrogen) atoms. The third-order valence-electron chi connectivity index (χ3n) is 2.59. The molecule has 3 rings (SSSR count). The lowest BCUT2D eigenvalue weighted by Crippen LogP contribution is -2.01. The molecule has 0 amide bonds. The van der Waals surface area contributed by atoms with Gasteiger partial charge in [-0.2, -0.15) is 0 Å². The van der Waals surface area contributed by atoms with E-state index in [1.165, 1.54) is 12.1 Å². The Kier molecular flexibility index (Phi) is 3.83. The number of benzene rings is 2. The predicted octanol–water partition coefficient (Wildman–Crippen LogP) is 7.50. The summed E-state index contributed by atoms with van der Waals surface area (Å²) >= 11 is 36.0. The molecule has 1 heterocycles. The minimum absolute atomic E-state index is 0.141. The summed E-state index contributed by atoms with van der Waals surface area (Å²) in [5.41, 5.74) is 0. The Labute approximate surface area is 144 Å². The zero-order valence-electron chi connectivity index (χ0n) is 9.24. The van der Waals surface area contributed by atoms with Crippen LogP contribution in [0, 0.1) is 0 Å². The van der Waals surface area contributed by atoms with Crippen molar-refractivity contribution in [1.29, 1.82) is 0 Å². The van der Waals surface area contributed by atoms with E-state index in [-0.39, 0.29) is 53.1 Å². The lowest BCUT2D eigenvalue weighted by Gasteiger charge is -2.23. The quantitative estimate of drug-likeness (QED) is 0.362. The molecular weight excluding hydrogens is 401 g/mol. The van der Waals surface area contributed by atoms with Gasteiger partial charge in [0.1, 0.15) is 10.0 Å². The van der Waals surface area contributed by atoms with Gasteiger partial charge >= 0.3 is 0 Å². The maximum atomic E-state index is 6.08. The molecule has 104 valence electrons. The molecule has 0 radical (unpaired) electrons. The Morgan fingerprint density at radius 3 is 1.25 bits per heavy atom. The monoisotopic (exact) mass is 400 g/mol. The highest BCUT2D eigenvalue weighted by Crippen LogP contribution is 2.56. The molecule has 0 fully saturated rings. The average Bonchev–Trinajstić information content (AvgIpc) is 2.42. The molecule has 1 aliphatic heterocycles. The standard InChI is InChI=1S/C12H2Cl6O2/c13-3-1-5-11(9(17)7(3)15)20-6-2-4(14)8(16)10(18)12(6)19-5/h1-2H/i1+1,2+1,3+1,4+1,5+1,6+1,7+1,8+1,9+1,10+1,11+1,12+1. The normalized spacial score (nSPS) is 12.3. The number of ether oxygens (including phenoxy) is 2. The van der Waals surface area contributed by atoms with Gasteiger partial charge in [-0.3, -0.25) is 0 Å². The minimum Gasteiger partial charge on any atom is -0.448 e. The topological polar surface area (TPSA) is 18.5 Å². The minimum atomic E-state index is 0.141. The van der Waals surface area contributed by atoms with Crippen molar-refractivity contribution in [3.05, 3.63) is 42.3 Å². The van der Waals surface area contributed by atoms with E-state index in [0.29, 0.717) is 0 Å². The summed E-state index contributed by atoms with van der Waals surface area (Å²) < 4.78 is 11.3. The third kappa shape index (κ3) is 2.19. The Morgan fingerprint density at radius 1 is 0.550 bits per heavy atom. The van der Waals surface area contributed by atoms with Crippen LogP contribution in [-0.2, 0) is 0 Å². The summed E-state index contributed by atoms with van der Waals surface area (Å²) in [6.45, 7) is 0. The molecule has 2 nitrogen and oxygen atoms in total. The van der Waals surface area contributed by atoms with Crippen LogP contribution in [0.1, 0.15) is 0 Å². The maximum absolute atomic E-state index is 6.08. The molecule has 0 spiro atoms. The van der Waals surface area contributed by atoms with Crippen molar-refractivity contribution in [2.75, 3.05) is 0 Å². The van der Waals surface area contributed by atoms with Crippen molar-refractivity contribution >= 4 is 69.6 Å².